The van der Waals surface area contributed by atoms with Crippen molar-refractivity contribution in [1.29, 1.82) is 0 Å². The van der Waals surface area contributed by atoms with Crippen LogP contribution in [0.4, 0.5) is 5.69 Å². The predicted octanol–water partition coefficient (Wildman–Crippen LogP) is 4.85. The van der Waals surface area contributed by atoms with Crippen LogP contribution in [0.5, 0.6) is 11.5 Å². The van der Waals surface area contributed by atoms with Crippen LogP contribution in [0.1, 0.15) is 39.0 Å². The molecule has 1 aliphatic heterocycles. The fourth-order valence-electron chi connectivity index (χ4n) is 3.35. The Balaban J connectivity index is 1.47. The highest BCUT2D eigenvalue weighted by molar-refractivity contribution is 5.92. The molecule has 1 heterocycles. The second kappa shape index (κ2) is 9.93. The fourth-order valence-corrected chi connectivity index (χ4v) is 3.35. The van der Waals surface area contributed by atoms with Gasteiger partial charge in [-0.25, -0.2) is 0 Å². The van der Waals surface area contributed by atoms with Crippen molar-refractivity contribution in [2.24, 2.45) is 5.92 Å². The molecule has 28 heavy (non-hydrogen) atoms. The summed E-state index contributed by atoms with van der Waals surface area (Å²) in [4.78, 5) is 26.5. The Kier molecular flexibility index (Phi) is 7.06. The third-order valence-corrected chi connectivity index (χ3v) is 5.06. The Hall–Kier alpha value is -2.82. The van der Waals surface area contributed by atoms with Crippen molar-refractivity contribution in [3.05, 3.63) is 54.6 Å². The first-order valence-electron chi connectivity index (χ1n) is 10.1. The molecule has 2 aromatic rings. The van der Waals surface area contributed by atoms with E-state index in [1.165, 1.54) is 0 Å². The van der Waals surface area contributed by atoms with Crippen LogP contribution in [0, 0.1) is 5.92 Å². The summed E-state index contributed by atoms with van der Waals surface area (Å²) in [6, 6.07) is 17.0. The summed E-state index contributed by atoms with van der Waals surface area (Å²) < 4.78 is 5.77. The average molecular weight is 380 g/mol. The number of amides is 2. The highest BCUT2D eigenvalue weighted by Gasteiger charge is 2.27. The molecule has 3 rings (SSSR count). The lowest BCUT2D eigenvalue weighted by Gasteiger charge is -2.31. The van der Waals surface area contributed by atoms with Gasteiger partial charge in [0, 0.05) is 31.1 Å². The molecule has 1 aliphatic rings. The summed E-state index contributed by atoms with van der Waals surface area (Å²) >= 11 is 0. The van der Waals surface area contributed by atoms with Crippen molar-refractivity contribution < 1.29 is 14.3 Å². The normalized spacial score (nSPS) is 14.5. The van der Waals surface area contributed by atoms with Gasteiger partial charge in [0.15, 0.2) is 0 Å². The van der Waals surface area contributed by atoms with Crippen molar-refractivity contribution in [2.75, 3.05) is 18.4 Å². The number of rotatable bonds is 7. The summed E-state index contributed by atoms with van der Waals surface area (Å²) in [6.45, 7) is 3.43. The van der Waals surface area contributed by atoms with Crippen molar-refractivity contribution in [1.82, 2.24) is 4.90 Å². The minimum absolute atomic E-state index is 0.0254. The predicted molar refractivity (Wildman–Crippen MR) is 110 cm³/mol. The number of hydrogen-bond acceptors (Lipinski definition) is 3. The van der Waals surface area contributed by atoms with Crippen molar-refractivity contribution in [2.45, 2.75) is 39.0 Å². The van der Waals surface area contributed by atoms with Gasteiger partial charge in [-0.2, -0.15) is 0 Å². The number of unbranched alkanes of at least 4 members (excludes halogenated alkanes) is 1. The number of ether oxygens (including phenoxy) is 1. The number of hydrogen-bond donors (Lipinski definition) is 1. The first-order valence-corrected chi connectivity index (χ1v) is 10.1. The van der Waals surface area contributed by atoms with Gasteiger partial charge in [-0.1, -0.05) is 31.5 Å². The zero-order valence-electron chi connectivity index (χ0n) is 16.4. The van der Waals surface area contributed by atoms with Crippen LogP contribution in [0.2, 0.25) is 0 Å². The topological polar surface area (TPSA) is 58.6 Å². The SMILES string of the molecule is CCCCC(=O)N1CCC(C(=O)Nc2ccc(Oc3ccccc3)cc2)CC1. The van der Waals surface area contributed by atoms with E-state index in [0.29, 0.717) is 19.5 Å². The first kappa shape index (κ1) is 19.9. The molecular formula is C23H28N2O3. The standard InChI is InChI=1S/C23H28N2O3/c1-2-3-9-22(26)25-16-14-18(15-17-25)23(27)24-19-10-12-21(13-11-19)28-20-7-5-4-6-8-20/h4-8,10-13,18H,2-3,9,14-17H2,1H3,(H,24,27). The summed E-state index contributed by atoms with van der Waals surface area (Å²) in [5, 5.41) is 2.98. The van der Waals surface area contributed by atoms with Gasteiger partial charge in [0.2, 0.25) is 11.8 Å². The van der Waals surface area contributed by atoms with Gasteiger partial charge >= 0.3 is 0 Å². The number of anilines is 1. The molecule has 0 atom stereocenters. The molecule has 0 radical (unpaired) electrons. The Morgan fingerprint density at radius 2 is 1.64 bits per heavy atom. The van der Waals surface area contributed by atoms with Gasteiger partial charge in [0.1, 0.15) is 11.5 Å². The zero-order chi connectivity index (χ0) is 19.8. The molecule has 0 unspecified atom stereocenters. The van der Waals surface area contributed by atoms with E-state index in [2.05, 4.69) is 12.2 Å². The number of nitrogens with one attached hydrogen (secondary N) is 1. The largest absolute Gasteiger partial charge is 0.457 e. The maximum atomic E-state index is 12.5. The Labute approximate surface area is 166 Å². The minimum atomic E-state index is -0.0459. The molecule has 0 saturated carbocycles. The lowest BCUT2D eigenvalue weighted by Crippen LogP contribution is -2.41. The number of benzene rings is 2. The van der Waals surface area contributed by atoms with E-state index in [9.17, 15) is 9.59 Å². The molecule has 2 amide bonds. The molecular weight excluding hydrogens is 352 g/mol. The van der Waals surface area contributed by atoms with Crippen LogP contribution in [0.3, 0.4) is 0 Å². The van der Waals surface area contributed by atoms with Gasteiger partial charge in [-0.3, -0.25) is 9.59 Å². The van der Waals surface area contributed by atoms with E-state index >= 15 is 0 Å². The molecule has 0 aromatic heterocycles. The number of piperidine rings is 1. The molecule has 0 bridgehead atoms. The van der Waals surface area contributed by atoms with E-state index in [1.54, 1.807) is 0 Å². The number of carbonyl (C=O) groups excluding carboxylic acids is 2. The molecule has 1 fully saturated rings. The average Bonchev–Trinajstić information content (AvgIpc) is 2.74. The summed E-state index contributed by atoms with van der Waals surface area (Å²) in [6.07, 6.45) is 4.02. The van der Waals surface area contributed by atoms with Crippen LogP contribution < -0.4 is 10.1 Å². The molecule has 1 N–H and O–H groups in total. The molecule has 148 valence electrons. The Morgan fingerprint density at radius 3 is 2.29 bits per heavy atom. The van der Waals surface area contributed by atoms with Crippen LogP contribution in [-0.2, 0) is 9.59 Å². The van der Waals surface area contributed by atoms with Crippen LogP contribution >= 0.6 is 0 Å². The second-order valence-electron chi connectivity index (χ2n) is 7.19. The third-order valence-electron chi connectivity index (χ3n) is 5.06. The molecule has 0 spiro atoms. The second-order valence-corrected chi connectivity index (χ2v) is 7.19. The van der Waals surface area contributed by atoms with Crippen molar-refractivity contribution in [3.8, 4) is 11.5 Å². The molecule has 1 saturated heterocycles. The number of carbonyl (C=O) groups is 2. The Morgan fingerprint density at radius 1 is 1.00 bits per heavy atom. The molecule has 0 aliphatic carbocycles. The highest BCUT2D eigenvalue weighted by atomic mass is 16.5. The van der Waals surface area contributed by atoms with Crippen molar-refractivity contribution >= 4 is 17.5 Å². The zero-order valence-corrected chi connectivity index (χ0v) is 16.4. The van der Waals surface area contributed by atoms with Gasteiger partial charge in [0.25, 0.3) is 0 Å². The lowest BCUT2D eigenvalue weighted by molar-refractivity contribution is -0.134. The van der Waals surface area contributed by atoms with E-state index in [4.69, 9.17) is 4.74 Å². The van der Waals surface area contributed by atoms with Crippen LogP contribution in [-0.4, -0.2) is 29.8 Å². The number of para-hydroxylation sites is 1. The molecule has 5 heteroatoms. The van der Waals surface area contributed by atoms with Crippen LogP contribution in [0.25, 0.3) is 0 Å². The quantitative estimate of drug-likeness (QED) is 0.747. The summed E-state index contributed by atoms with van der Waals surface area (Å²) in [5.74, 6) is 1.70. The Bertz CT molecular complexity index is 766. The van der Waals surface area contributed by atoms with E-state index < -0.39 is 0 Å². The first-order chi connectivity index (χ1) is 13.7. The van der Waals surface area contributed by atoms with Crippen molar-refractivity contribution in [3.63, 3.8) is 0 Å². The van der Waals surface area contributed by atoms with Gasteiger partial charge in [-0.15, -0.1) is 0 Å². The molecule has 2 aromatic carbocycles. The monoisotopic (exact) mass is 380 g/mol. The van der Waals surface area contributed by atoms with Gasteiger partial charge in [-0.05, 0) is 55.7 Å². The third kappa shape index (κ3) is 5.59. The van der Waals surface area contributed by atoms with E-state index in [-0.39, 0.29) is 17.7 Å². The minimum Gasteiger partial charge on any atom is -0.457 e. The molecule has 5 nitrogen and oxygen atoms in total. The van der Waals surface area contributed by atoms with Gasteiger partial charge < -0.3 is 15.0 Å². The van der Waals surface area contributed by atoms with E-state index in [1.807, 2.05) is 59.5 Å². The summed E-state index contributed by atoms with van der Waals surface area (Å²) in [5.41, 5.74) is 0.756. The number of nitrogens with zero attached hydrogens (tertiary/aromatic N) is 1. The maximum absolute atomic E-state index is 12.5. The van der Waals surface area contributed by atoms with Crippen LogP contribution in [0.15, 0.2) is 54.6 Å². The maximum Gasteiger partial charge on any atom is 0.227 e. The smallest absolute Gasteiger partial charge is 0.227 e. The lowest BCUT2D eigenvalue weighted by atomic mass is 9.95. The van der Waals surface area contributed by atoms with E-state index in [0.717, 1.165) is 42.9 Å². The summed E-state index contributed by atoms with van der Waals surface area (Å²) in [7, 11) is 0. The highest BCUT2D eigenvalue weighted by Crippen LogP contribution is 2.24. The van der Waals surface area contributed by atoms with Gasteiger partial charge in [0.05, 0.1) is 0 Å². The number of likely N-dealkylation sites (tertiary alicyclic amines) is 1. The fraction of sp³-hybridized carbons (Fsp3) is 0.391.